The molecule has 0 saturated carbocycles. The highest BCUT2D eigenvalue weighted by atomic mass is 32.2. The Morgan fingerprint density at radius 1 is 1.14 bits per heavy atom. The van der Waals surface area contributed by atoms with Crippen LogP contribution in [0.5, 0.6) is 0 Å². The van der Waals surface area contributed by atoms with Gasteiger partial charge in [-0.25, -0.2) is 18.2 Å². The molecule has 44 heavy (non-hydrogen) atoms. The Labute approximate surface area is 260 Å². The van der Waals surface area contributed by atoms with Crippen LogP contribution in [-0.4, -0.2) is 72.6 Å². The number of nitrogen functional groups attached to an aromatic ring is 1. The van der Waals surface area contributed by atoms with E-state index in [2.05, 4.69) is 15.6 Å². The van der Waals surface area contributed by atoms with Crippen molar-refractivity contribution in [1.29, 1.82) is 0 Å². The van der Waals surface area contributed by atoms with Crippen LogP contribution >= 0.6 is 11.3 Å². The van der Waals surface area contributed by atoms with Crippen molar-refractivity contribution in [1.82, 2.24) is 19.9 Å². The molecule has 0 bridgehead atoms. The van der Waals surface area contributed by atoms with Gasteiger partial charge in [-0.05, 0) is 54.3 Å². The van der Waals surface area contributed by atoms with Gasteiger partial charge in [0.2, 0.25) is 15.9 Å². The van der Waals surface area contributed by atoms with Gasteiger partial charge in [-0.3, -0.25) is 9.69 Å². The number of nitrogens with two attached hydrogens (primary N) is 1. The van der Waals surface area contributed by atoms with Gasteiger partial charge in [0.1, 0.15) is 6.04 Å². The van der Waals surface area contributed by atoms with Crippen LogP contribution in [0.3, 0.4) is 0 Å². The van der Waals surface area contributed by atoms with E-state index in [9.17, 15) is 23.1 Å². The minimum Gasteiger partial charge on any atom is -0.399 e. The second kappa shape index (κ2) is 13.3. The molecule has 3 atom stereocenters. The van der Waals surface area contributed by atoms with Crippen molar-refractivity contribution in [2.75, 3.05) is 30.3 Å². The number of carbonyl (C=O) groups excluding carboxylic acids is 2. The molecular weight excluding hydrogens is 601 g/mol. The number of rotatable bonds is 12. The highest BCUT2D eigenvalue weighted by molar-refractivity contribution is 7.89. The molecule has 1 aliphatic rings. The number of aliphatic hydroxyl groups is 1. The van der Waals surface area contributed by atoms with Gasteiger partial charge in [0.25, 0.3) is 0 Å². The molecule has 0 radical (unpaired) electrons. The SMILES string of the molecule is CC(C)CN(C[C@@H](O)[C@H](Cc1ccccc1)NC(=O)[C@@H]1CN(c2cccc(N)c2)C(=O)N1)S(=O)(=O)c1ccc2ncsc2c1. The Hall–Kier alpha value is -4.04. The van der Waals surface area contributed by atoms with E-state index in [1.54, 1.807) is 41.9 Å². The molecule has 1 saturated heterocycles. The van der Waals surface area contributed by atoms with Crippen molar-refractivity contribution in [3.8, 4) is 0 Å². The van der Waals surface area contributed by atoms with Gasteiger partial charge in [0.15, 0.2) is 0 Å². The molecule has 4 aromatic rings. The number of amides is 3. The molecule has 11 nitrogen and oxygen atoms in total. The molecule has 3 amide bonds. The first-order chi connectivity index (χ1) is 21.0. The summed E-state index contributed by atoms with van der Waals surface area (Å²) >= 11 is 1.35. The van der Waals surface area contributed by atoms with Crippen molar-refractivity contribution in [3.05, 3.63) is 83.9 Å². The second-order valence-corrected chi connectivity index (χ2v) is 14.1. The highest BCUT2D eigenvalue weighted by Crippen LogP contribution is 2.26. The average molecular weight is 637 g/mol. The van der Waals surface area contributed by atoms with E-state index in [-0.39, 0.29) is 36.9 Å². The molecule has 1 aromatic heterocycles. The monoisotopic (exact) mass is 636 g/mol. The quantitative estimate of drug-likeness (QED) is 0.174. The van der Waals surface area contributed by atoms with Crippen LogP contribution in [0.1, 0.15) is 19.4 Å². The number of carbonyl (C=O) groups is 2. The summed E-state index contributed by atoms with van der Waals surface area (Å²) in [4.78, 5) is 32.0. The molecule has 0 spiro atoms. The van der Waals surface area contributed by atoms with Crippen molar-refractivity contribution < 1.29 is 23.1 Å². The number of thiazole rings is 1. The van der Waals surface area contributed by atoms with E-state index in [1.807, 2.05) is 44.2 Å². The Balaban J connectivity index is 1.37. The zero-order valence-corrected chi connectivity index (χ0v) is 26.1. The van der Waals surface area contributed by atoms with Gasteiger partial charge in [0, 0.05) is 24.5 Å². The summed E-state index contributed by atoms with van der Waals surface area (Å²) < 4.78 is 29.7. The van der Waals surface area contributed by atoms with E-state index < -0.39 is 40.1 Å². The van der Waals surface area contributed by atoms with Gasteiger partial charge in [-0.2, -0.15) is 4.31 Å². The number of hydrogen-bond acceptors (Lipinski definition) is 8. The first kappa shape index (κ1) is 31.4. The summed E-state index contributed by atoms with van der Waals surface area (Å²) in [7, 11) is -3.99. The van der Waals surface area contributed by atoms with Gasteiger partial charge < -0.3 is 21.5 Å². The fraction of sp³-hybridized carbons (Fsp3) is 0.323. The van der Waals surface area contributed by atoms with Gasteiger partial charge in [0.05, 0.1) is 39.3 Å². The van der Waals surface area contributed by atoms with Crippen LogP contribution in [0.4, 0.5) is 16.2 Å². The third kappa shape index (κ3) is 7.18. The number of benzene rings is 3. The molecule has 13 heteroatoms. The van der Waals surface area contributed by atoms with E-state index in [0.29, 0.717) is 16.9 Å². The predicted molar refractivity (Wildman–Crippen MR) is 172 cm³/mol. The Bertz CT molecular complexity index is 1730. The summed E-state index contributed by atoms with van der Waals surface area (Å²) in [6, 6.07) is 18.7. The number of aliphatic hydroxyl groups excluding tert-OH is 1. The predicted octanol–water partition coefficient (Wildman–Crippen LogP) is 3.21. The maximum atomic E-state index is 13.9. The van der Waals surface area contributed by atoms with Gasteiger partial charge in [-0.15, -0.1) is 11.3 Å². The molecule has 3 aromatic carbocycles. The topological polar surface area (TPSA) is 158 Å². The van der Waals surface area contributed by atoms with Crippen molar-refractivity contribution in [2.24, 2.45) is 5.92 Å². The third-order valence-electron chi connectivity index (χ3n) is 7.40. The summed E-state index contributed by atoms with van der Waals surface area (Å²) in [5.41, 5.74) is 10.2. The molecule has 0 unspecified atom stereocenters. The summed E-state index contributed by atoms with van der Waals surface area (Å²) in [6.07, 6.45) is -1.02. The standard InChI is InChI=1S/C31H36N6O5S2/c1-20(2)16-36(44(41,42)24-11-12-25-29(15-24)43-19-33-25)18-28(38)26(13-21-7-4-3-5-8-21)34-30(39)27-17-37(31(40)35-27)23-10-6-9-22(32)14-23/h3-12,14-15,19-20,26-28,38H,13,16-18,32H2,1-2H3,(H,34,39)(H,35,40)/t26-,27-,28+/m0/s1. The summed E-state index contributed by atoms with van der Waals surface area (Å²) in [6.45, 7) is 3.79. The zero-order chi connectivity index (χ0) is 31.4. The number of nitrogens with zero attached hydrogens (tertiary/aromatic N) is 3. The van der Waals surface area contributed by atoms with Crippen molar-refractivity contribution in [3.63, 3.8) is 0 Å². The zero-order valence-electron chi connectivity index (χ0n) is 24.5. The lowest BCUT2D eigenvalue weighted by atomic mass is 10.0. The van der Waals surface area contributed by atoms with Crippen LogP contribution in [-0.2, 0) is 21.2 Å². The van der Waals surface area contributed by atoms with Crippen LogP contribution in [0.2, 0.25) is 0 Å². The molecule has 232 valence electrons. The fourth-order valence-electron chi connectivity index (χ4n) is 5.20. The van der Waals surface area contributed by atoms with Crippen LogP contribution < -0.4 is 21.3 Å². The molecule has 1 fully saturated rings. The lowest BCUT2D eigenvalue weighted by Gasteiger charge is -2.31. The number of fused-ring (bicyclic) bond motifs is 1. The van der Waals surface area contributed by atoms with Crippen LogP contribution in [0.25, 0.3) is 10.2 Å². The van der Waals surface area contributed by atoms with Crippen LogP contribution in [0.15, 0.2) is 83.2 Å². The second-order valence-electron chi connectivity index (χ2n) is 11.3. The van der Waals surface area contributed by atoms with E-state index in [0.717, 1.165) is 10.3 Å². The summed E-state index contributed by atoms with van der Waals surface area (Å²) in [5, 5.41) is 17.2. The highest BCUT2D eigenvalue weighted by Gasteiger charge is 2.37. The summed E-state index contributed by atoms with van der Waals surface area (Å²) in [5.74, 6) is -0.517. The number of anilines is 2. The first-order valence-corrected chi connectivity index (χ1v) is 16.6. The first-order valence-electron chi connectivity index (χ1n) is 14.3. The Kier molecular flexibility index (Phi) is 9.49. The maximum absolute atomic E-state index is 13.9. The minimum atomic E-state index is -3.99. The van der Waals surface area contributed by atoms with E-state index >= 15 is 0 Å². The lowest BCUT2D eigenvalue weighted by molar-refractivity contribution is -0.124. The van der Waals surface area contributed by atoms with Crippen LogP contribution in [0, 0.1) is 5.92 Å². The van der Waals surface area contributed by atoms with Crippen molar-refractivity contribution in [2.45, 2.75) is 43.4 Å². The number of aromatic nitrogens is 1. The number of sulfonamides is 1. The molecule has 0 aliphatic carbocycles. The average Bonchev–Trinajstić information content (AvgIpc) is 3.63. The molecule has 2 heterocycles. The molecule has 5 N–H and O–H groups in total. The lowest BCUT2D eigenvalue weighted by Crippen LogP contribution is -2.54. The third-order valence-corrected chi connectivity index (χ3v) is 10.0. The fourth-order valence-corrected chi connectivity index (χ4v) is 7.63. The number of hydrogen-bond donors (Lipinski definition) is 4. The van der Waals surface area contributed by atoms with E-state index in [1.165, 1.54) is 26.6 Å². The molecule has 1 aliphatic heterocycles. The molecule has 5 rings (SSSR count). The normalized spacial score (nSPS) is 16.8. The number of nitrogens with one attached hydrogen (secondary N) is 2. The molecular formula is C31H36N6O5S2. The maximum Gasteiger partial charge on any atom is 0.322 e. The van der Waals surface area contributed by atoms with E-state index in [4.69, 9.17) is 5.73 Å². The van der Waals surface area contributed by atoms with Crippen molar-refractivity contribution >= 4 is 54.9 Å². The smallest absolute Gasteiger partial charge is 0.322 e. The minimum absolute atomic E-state index is 0.0296. The Morgan fingerprint density at radius 3 is 2.64 bits per heavy atom. The number of urea groups is 1. The Morgan fingerprint density at radius 2 is 1.91 bits per heavy atom. The van der Waals surface area contributed by atoms with Gasteiger partial charge >= 0.3 is 6.03 Å². The van der Waals surface area contributed by atoms with Gasteiger partial charge in [-0.1, -0.05) is 50.2 Å². The largest absolute Gasteiger partial charge is 0.399 e.